The Kier molecular flexibility index (Phi) is 11.3. The van der Waals surface area contributed by atoms with Crippen molar-refractivity contribution in [3.8, 4) is 28.8 Å². The van der Waals surface area contributed by atoms with Crippen molar-refractivity contribution in [1.29, 1.82) is 0 Å². The normalized spacial score (nSPS) is 14.9. The molecule has 260 valence electrons. The van der Waals surface area contributed by atoms with Crippen LogP contribution in [0.1, 0.15) is 62.3 Å². The van der Waals surface area contributed by atoms with E-state index in [2.05, 4.69) is 27.6 Å². The van der Waals surface area contributed by atoms with E-state index in [1.165, 1.54) is 0 Å². The first-order valence-corrected chi connectivity index (χ1v) is 16.9. The molecule has 1 aliphatic rings. The first-order valence-electron chi connectivity index (χ1n) is 16.9. The summed E-state index contributed by atoms with van der Waals surface area (Å²) in [6.07, 6.45) is 3.56. The maximum atomic E-state index is 14.0. The Morgan fingerprint density at radius 3 is 2.44 bits per heavy atom. The zero-order chi connectivity index (χ0) is 35.8. The van der Waals surface area contributed by atoms with E-state index in [1.54, 1.807) is 49.6 Å². The third-order valence-corrected chi connectivity index (χ3v) is 8.29. The number of methoxy groups -OCH3 is 1. The monoisotopic (exact) mass is 675 g/mol. The molecule has 5 rings (SSSR count). The highest BCUT2D eigenvalue weighted by molar-refractivity contribution is 5.98. The van der Waals surface area contributed by atoms with Crippen molar-refractivity contribution in [2.75, 3.05) is 19.0 Å². The Hall–Kier alpha value is -5.56. The zero-order valence-corrected chi connectivity index (χ0v) is 29.6. The van der Waals surface area contributed by atoms with Crippen molar-refractivity contribution in [1.82, 2.24) is 20.0 Å². The number of nitrogens with zero attached hydrogens (tertiary/aromatic N) is 3. The van der Waals surface area contributed by atoms with Crippen molar-refractivity contribution in [2.45, 2.75) is 71.1 Å². The van der Waals surface area contributed by atoms with Gasteiger partial charge in [-0.25, -0.2) is 4.79 Å². The molecule has 0 radical (unpaired) electrons. The molecule has 1 aromatic heterocycles. The highest BCUT2D eigenvalue weighted by atomic mass is 16.6. The van der Waals surface area contributed by atoms with Gasteiger partial charge in [-0.05, 0) is 88.9 Å². The molecule has 1 saturated heterocycles. The van der Waals surface area contributed by atoms with Gasteiger partial charge in [0.15, 0.2) is 0 Å². The van der Waals surface area contributed by atoms with E-state index in [9.17, 15) is 14.4 Å². The average Bonchev–Trinajstić information content (AvgIpc) is 3.47. The number of carbonyl (C=O) groups is 3. The molecular formula is C40H45N5O5. The largest absolute Gasteiger partial charge is 0.496 e. The number of hydrogen-bond acceptors (Lipinski definition) is 6. The smallest absolute Gasteiger partial charge is 0.408 e. The van der Waals surface area contributed by atoms with Crippen molar-refractivity contribution < 1.29 is 23.9 Å². The number of amides is 3. The van der Waals surface area contributed by atoms with Crippen LogP contribution in [0.3, 0.4) is 0 Å². The molecule has 0 bridgehead atoms. The lowest BCUT2D eigenvalue weighted by atomic mass is 9.98. The molecule has 10 heteroatoms. The van der Waals surface area contributed by atoms with Crippen LogP contribution in [0.2, 0.25) is 0 Å². The van der Waals surface area contributed by atoms with Gasteiger partial charge >= 0.3 is 6.09 Å². The summed E-state index contributed by atoms with van der Waals surface area (Å²) in [5.41, 5.74) is 4.99. The molecule has 2 N–H and O–H groups in total. The second-order valence-corrected chi connectivity index (χ2v) is 13.5. The summed E-state index contributed by atoms with van der Waals surface area (Å²) < 4.78 is 12.8. The van der Waals surface area contributed by atoms with Gasteiger partial charge in [0.25, 0.3) is 0 Å². The Balaban J connectivity index is 1.29. The number of rotatable bonds is 8. The van der Waals surface area contributed by atoms with Crippen molar-refractivity contribution in [2.24, 2.45) is 7.05 Å². The number of ether oxygens (including phenoxy) is 2. The van der Waals surface area contributed by atoms with Gasteiger partial charge in [0, 0.05) is 43.0 Å². The summed E-state index contributed by atoms with van der Waals surface area (Å²) in [5, 5.41) is 10.4. The zero-order valence-electron chi connectivity index (χ0n) is 29.6. The van der Waals surface area contributed by atoms with E-state index in [-0.39, 0.29) is 18.2 Å². The first kappa shape index (κ1) is 35.7. The Morgan fingerprint density at radius 2 is 1.74 bits per heavy atom. The minimum absolute atomic E-state index is 0.269. The minimum atomic E-state index is -0.897. The highest BCUT2D eigenvalue weighted by Crippen LogP contribution is 2.32. The fourth-order valence-electron chi connectivity index (χ4n) is 5.96. The number of alkyl carbamates (subject to hydrolysis) is 1. The van der Waals surface area contributed by atoms with Crippen LogP contribution in [0.15, 0.2) is 79.0 Å². The molecule has 1 aliphatic heterocycles. The highest BCUT2D eigenvalue weighted by Gasteiger charge is 2.37. The second kappa shape index (κ2) is 15.8. The molecule has 4 aromatic rings. The third kappa shape index (κ3) is 9.32. The van der Waals surface area contributed by atoms with Crippen LogP contribution in [0, 0.1) is 18.8 Å². The van der Waals surface area contributed by atoms with E-state index in [0.29, 0.717) is 18.7 Å². The van der Waals surface area contributed by atoms with Gasteiger partial charge in [-0.3, -0.25) is 14.3 Å². The first-order chi connectivity index (χ1) is 23.9. The van der Waals surface area contributed by atoms with E-state index >= 15 is 0 Å². The topological polar surface area (TPSA) is 115 Å². The summed E-state index contributed by atoms with van der Waals surface area (Å²) in [6, 6.07) is 21.1. The standard InChI is InChI=1S/C40H45N5O5/c1-27-15-22-35(49-6)32(24-27)36-30(26-44(5)43-36)19-16-28-17-20-31(21-18-28)41-37(46)34-14-10-11-23-45(34)38(47)33(25-29-12-8-7-9-13-29)42-39(48)50-40(2,3)4/h7-9,12-13,15,17-18,20-22,24,26,33-34H,10-11,14,23,25H2,1-6H3,(H,41,46)(H,42,48)/t33-,34?/m0/s1. The van der Waals surface area contributed by atoms with Gasteiger partial charge in [0.05, 0.1) is 12.7 Å². The summed E-state index contributed by atoms with van der Waals surface area (Å²) in [6.45, 7) is 7.74. The lowest BCUT2D eigenvalue weighted by Gasteiger charge is -2.37. The number of aromatic nitrogens is 2. The van der Waals surface area contributed by atoms with Crippen LogP contribution < -0.4 is 15.4 Å². The van der Waals surface area contributed by atoms with Gasteiger partial charge in [-0.2, -0.15) is 5.10 Å². The second-order valence-electron chi connectivity index (χ2n) is 13.5. The predicted molar refractivity (Wildman–Crippen MR) is 194 cm³/mol. The summed E-state index contributed by atoms with van der Waals surface area (Å²) in [4.78, 5) is 42.0. The minimum Gasteiger partial charge on any atom is -0.496 e. The van der Waals surface area contributed by atoms with Crippen LogP contribution in [0.25, 0.3) is 11.3 Å². The molecule has 1 fully saturated rings. The Bertz CT molecular complexity index is 1880. The molecule has 0 spiro atoms. The Morgan fingerprint density at radius 1 is 1.00 bits per heavy atom. The van der Waals surface area contributed by atoms with Crippen LogP contribution >= 0.6 is 0 Å². The van der Waals surface area contributed by atoms with Gasteiger partial charge < -0.3 is 25.0 Å². The molecule has 2 heterocycles. The van der Waals surface area contributed by atoms with Gasteiger partial charge in [-0.15, -0.1) is 0 Å². The number of benzene rings is 3. The van der Waals surface area contributed by atoms with Crippen LogP contribution in [0.5, 0.6) is 5.75 Å². The van der Waals surface area contributed by atoms with E-state index < -0.39 is 23.8 Å². The molecule has 3 aromatic carbocycles. The molecule has 0 aliphatic carbocycles. The summed E-state index contributed by atoms with van der Waals surface area (Å²) >= 11 is 0. The molecule has 3 amide bonds. The van der Waals surface area contributed by atoms with E-state index in [4.69, 9.17) is 9.47 Å². The lowest BCUT2D eigenvalue weighted by molar-refractivity contribution is -0.142. The molecule has 50 heavy (non-hydrogen) atoms. The number of likely N-dealkylation sites (tertiary alicyclic amines) is 1. The Labute approximate surface area is 294 Å². The number of aryl methyl sites for hydroxylation is 2. The van der Waals surface area contributed by atoms with Crippen LogP contribution in [0.4, 0.5) is 10.5 Å². The van der Waals surface area contributed by atoms with E-state index in [0.717, 1.165) is 52.1 Å². The van der Waals surface area contributed by atoms with Crippen molar-refractivity contribution in [3.63, 3.8) is 0 Å². The van der Waals surface area contributed by atoms with Crippen molar-refractivity contribution >= 4 is 23.6 Å². The third-order valence-electron chi connectivity index (χ3n) is 8.29. The number of anilines is 1. The number of hydrogen-bond donors (Lipinski definition) is 2. The predicted octanol–water partition coefficient (Wildman–Crippen LogP) is 6.26. The van der Waals surface area contributed by atoms with Gasteiger partial charge in [-0.1, -0.05) is 53.8 Å². The van der Waals surface area contributed by atoms with E-state index in [1.807, 2.05) is 80.8 Å². The van der Waals surface area contributed by atoms with Crippen LogP contribution in [-0.4, -0.2) is 63.9 Å². The van der Waals surface area contributed by atoms with Crippen molar-refractivity contribution in [3.05, 3.63) is 101 Å². The number of nitrogens with one attached hydrogen (secondary N) is 2. The fourth-order valence-corrected chi connectivity index (χ4v) is 5.96. The number of carbonyl (C=O) groups excluding carboxylic acids is 3. The average molecular weight is 676 g/mol. The maximum Gasteiger partial charge on any atom is 0.408 e. The molecule has 0 saturated carbocycles. The molecule has 2 atom stereocenters. The molecular weight excluding hydrogens is 630 g/mol. The van der Waals surface area contributed by atoms with Gasteiger partial charge in [0.1, 0.15) is 29.1 Å². The number of piperidine rings is 1. The van der Waals surface area contributed by atoms with Crippen LogP contribution in [-0.2, 0) is 27.8 Å². The SMILES string of the molecule is COc1ccc(C)cc1-c1nn(C)cc1C#Cc1ccc(NC(=O)C2CCCCN2C(=O)[C@H](Cc2ccccc2)NC(=O)OC(C)(C)C)cc1. The summed E-state index contributed by atoms with van der Waals surface area (Å²) in [7, 11) is 3.50. The molecule has 10 nitrogen and oxygen atoms in total. The summed E-state index contributed by atoms with van der Waals surface area (Å²) in [5.74, 6) is 6.58. The lowest BCUT2D eigenvalue weighted by Crippen LogP contribution is -2.57. The maximum absolute atomic E-state index is 14.0. The molecule has 1 unspecified atom stereocenters. The fraction of sp³-hybridized carbons (Fsp3) is 0.350. The van der Waals surface area contributed by atoms with Gasteiger partial charge in [0.2, 0.25) is 11.8 Å². The quantitative estimate of drug-likeness (QED) is 0.213.